The van der Waals surface area contributed by atoms with E-state index in [-0.39, 0.29) is 18.1 Å². The summed E-state index contributed by atoms with van der Waals surface area (Å²) in [5.74, 6) is -0.917. The Morgan fingerprint density at radius 3 is 2.69 bits per heavy atom. The Bertz CT molecular complexity index is 886. The van der Waals surface area contributed by atoms with Gasteiger partial charge in [-0.2, -0.15) is 0 Å². The van der Waals surface area contributed by atoms with E-state index in [1.54, 1.807) is 27.8 Å². The van der Waals surface area contributed by atoms with Crippen LogP contribution in [0.2, 0.25) is 0 Å². The molecule has 0 saturated carbocycles. The molecule has 3 rings (SSSR count). The Hall–Kier alpha value is -1.79. The van der Waals surface area contributed by atoms with Gasteiger partial charge < -0.3 is 4.74 Å². The normalized spacial score (nSPS) is 24.7. The fraction of sp³-hybridized carbons (Fsp3) is 0.643. The molecule has 1 fully saturated rings. The van der Waals surface area contributed by atoms with Gasteiger partial charge in [-0.05, 0) is 10.4 Å². The lowest BCUT2D eigenvalue weighted by Gasteiger charge is -2.46. The van der Waals surface area contributed by atoms with Gasteiger partial charge in [0.25, 0.3) is 5.91 Å². The molecule has 1 saturated heterocycles. The van der Waals surface area contributed by atoms with Crippen LogP contribution >= 0.6 is 11.8 Å². The molecule has 26 heavy (non-hydrogen) atoms. The van der Waals surface area contributed by atoms with Crippen molar-refractivity contribution in [3.05, 3.63) is 11.1 Å². The molecule has 1 aromatic heterocycles. The fourth-order valence-electron chi connectivity index (χ4n) is 2.45. The van der Waals surface area contributed by atoms with Crippen LogP contribution in [0.5, 0.6) is 0 Å². The fourth-order valence-corrected chi connectivity index (χ4v) is 5.55. The number of carbonyl (C=O) groups excluding carboxylic acids is 2. The number of fused-ring (bicyclic) bond motifs is 1. The van der Waals surface area contributed by atoms with E-state index >= 15 is 0 Å². The Labute approximate surface area is 154 Å². The van der Waals surface area contributed by atoms with Crippen molar-refractivity contribution in [2.75, 3.05) is 12.4 Å². The summed E-state index contributed by atoms with van der Waals surface area (Å²) >= 11 is 1.08. The van der Waals surface area contributed by atoms with Crippen LogP contribution in [-0.2, 0) is 31.2 Å². The third-order valence-corrected chi connectivity index (χ3v) is 7.21. The maximum Gasteiger partial charge on any atom is 0.260 e. The molecule has 0 bridgehead atoms. The van der Waals surface area contributed by atoms with Gasteiger partial charge in [-0.25, -0.2) is 13.1 Å². The SMILES string of the molecule is Cn1nnnc1SC1=CN2C(=O)[C@H](OCC(=O)C(C)(C)C)[C@@H]2S(=O)(=O)C1. The zero-order valence-electron chi connectivity index (χ0n) is 14.7. The molecule has 1 aromatic rings. The number of tetrazole rings is 1. The van der Waals surface area contributed by atoms with Gasteiger partial charge in [0, 0.05) is 23.6 Å². The molecule has 10 nitrogen and oxygen atoms in total. The Morgan fingerprint density at radius 1 is 1.42 bits per heavy atom. The van der Waals surface area contributed by atoms with Crippen molar-refractivity contribution in [3.8, 4) is 0 Å². The standard InChI is InChI=1S/C14H19N5O5S2/c1-14(2,3)9(20)6-24-10-11(21)19-5-8(7-26(22,23)12(10)19)25-13-15-16-17-18(13)4/h5,10,12H,6-7H2,1-4H3/t10-,12-/m0/s1. The number of ether oxygens (including phenoxy) is 1. The molecule has 3 heterocycles. The zero-order chi connectivity index (χ0) is 19.3. The predicted molar refractivity (Wildman–Crippen MR) is 91.4 cm³/mol. The minimum atomic E-state index is -3.65. The summed E-state index contributed by atoms with van der Waals surface area (Å²) in [6.45, 7) is 4.91. The second-order valence-electron chi connectivity index (χ2n) is 7.13. The molecule has 2 atom stereocenters. The van der Waals surface area contributed by atoms with E-state index in [0.29, 0.717) is 10.1 Å². The number of amides is 1. The number of nitrogens with zero attached hydrogens (tertiary/aromatic N) is 5. The van der Waals surface area contributed by atoms with Crippen molar-refractivity contribution in [2.45, 2.75) is 37.4 Å². The third-order valence-electron chi connectivity index (χ3n) is 4.06. The molecule has 0 aliphatic carbocycles. The molecule has 0 spiro atoms. The highest BCUT2D eigenvalue weighted by Gasteiger charge is 2.57. The highest BCUT2D eigenvalue weighted by Crippen LogP contribution is 2.38. The smallest absolute Gasteiger partial charge is 0.260 e. The van der Waals surface area contributed by atoms with Gasteiger partial charge in [0.05, 0.1) is 5.75 Å². The second kappa shape index (κ2) is 6.43. The highest BCUT2D eigenvalue weighted by atomic mass is 32.2. The van der Waals surface area contributed by atoms with E-state index < -0.39 is 32.6 Å². The van der Waals surface area contributed by atoms with Gasteiger partial charge in [-0.15, -0.1) is 5.10 Å². The summed E-state index contributed by atoms with van der Waals surface area (Å²) in [4.78, 5) is 25.8. The number of carbonyl (C=O) groups is 2. The first-order valence-corrected chi connectivity index (χ1v) is 10.3. The minimum Gasteiger partial charge on any atom is -0.357 e. The number of aryl methyl sites for hydroxylation is 1. The molecule has 2 aliphatic rings. The first-order chi connectivity index (χ1) is 12.0. The molecule has 0 radical (unpaired) electrons. The molecule has 1 amide bonds. The summed E-state index contributed by atoms with van der Waals surface area (Å²) in [6, 6.07) is 0. The lowest BCUT2D eigenvalue weighted by Crippen LogP contribution is -2.68. The van der Waals surface area contributed by atoms with E-state index in [9.17, 15) is 18.0 Å². The van der Waals surface area contributed by atoms with E-state index in [0.717, 1.165) is 16.7 Å². The number of rotatable bonds is 5. The predicted octanol–water partition coefficient (Wildman–Crippen LogP) is -0.259. The molecule has 0 N–H and O–H groups in total. The van der Waals surface area contributed by atoms with Crippen molar-refractivity contribution in [3.63, 3.8) is 0 Å². The monoisotopic (exact) mass is 401 g/mol. The molecule has 2 aliphatic heterocycles. The number of thioether (sulfide) groups is 1. The summed E-state index contributed by atoms with van der Waals surface area (Å²) in [5.41, 5.74) is -0.619. The number of Topliss-reactive ketones (excluding diaryl/α,β-unsaturated/α-hetero) is 1. The molecular formula is C14H19N5O5S2. The first kappa shape index (κ1) is 19.0. The van der Waals surface area contributed by atoms with Gasteiger partial charge in [0.15, 0.2) is 27.1 Å². The highest BCUT2D eigenvalue weighted by molar-refractivity contribution is 8.04. The van der Waals surface area contributed by atoms with Crippen molar-refractivity contribution in [2.24, 2.45) is 12.5 Å². The van der Waals surface area contributed by atoms with Gasteiger partial charge in [0.2, 0.25) is 5.16 Å². The number of sulfone groups is 1. The second-order valence-corrected chi connectivity index (χ2v) is 10.3. The van der Waals surface area contributed by atoms with Crippen LogP contribution in [-0.4, -0.2) is 69.1 Å². The van der Waals surface area contributed by atoms with Crippen LogP contribution in [0.3, 0.4) is 0 Å². The summed E-state index contributed by atoms with van der Waals surface area (Å²) < 4.78 is 31.9. The minimum absolute atomic E-state index is 0.196. The van der Waals surface area contributed by atoms with Crippen molar-refractivity contribution < 1.29 is 22.7 Å². The number of aromatic nitrogens is 4. The van der Waals surface area contributed by atoms with Crippen LogP contribution in [0.1, 0.15) is 20.8 Å². The lowest BCUT2D eigenvalue weighted by molar-refractivity contribution is -0.163. The summed E-state index contributed by atoms with van der Waals surface area (Å²) in [6.07, 6.45) is 0.337. The quantitative estimate of drug-likeness (QED) is 0.614. The van der Waals surface area contributed by atoms with Crippen LogP contribution in [0, 0.1) is 5.41 Å². The topological polar surface area (TPSA) is 124 Å². The third kappa shape index (κ3) is 3.40. The number of β-lactam (4-membered cyclic amide) rings is 1. The lowest BCUT2D eigenvalue weighted by atomic mass is 9.91. The zero-order valence-corrected chi connectivity index (χ0v) is 16.4. The maximum atomic E-state index is 12.6. The number of hydrogen-bond donors (Lipinski definition) is 0. The Balaban J connectivity index is 1.73. The van der Waals surface area contributed by atoms with E-state index in [2.05, 4.69) is 15.5 Å². The van der Waals surface area contributed by atoms with E-state index in [1.807, 2.05) is 0 Å². The molecule has 0 aromatic carbocycles. The number of ketones is 1. The van der Waals surface area contributed by atoms with Gasteiger partial charge >= 0.3 is 0 Å². The Kier molecular flexibility index (Phi) is 4.69. The largest absolute Gasteiger partial charge is 0.357 e. The number of hydrogen-bond acceptors (Lipinski definition) is 9. The average molecular weight is 401 g/mol. The first-order valence-electron chi connectivity index (χ1n) is 7.80. The Morgan fingerprint density at radius 2 is 2.12 bits per heavy atom. The molecule has 142 valence electrons. The summed E-state index contributed by atoms with van der Waals surface area (Å²) in [5, 5.41) is 10.3. The van der Waals surface area contributed by atoms with Gasteiger partial charge in [0.1, 0.15) is 6.61 Å². The van der Waals surface area contributed by atoms with Crippen LogP contribution < -0.4 is 0 Å². The van der Waals surface area contributed by atoms with Crippen LogP contribution in [0.15, 0.2) is 16.3 Å². The van der Waals surface area contributed by atoms with Crippen molar-refractivity contribution in [1.29, 1.82) is 0 Å². The molecular weight excluding hydrogens is 382 g/mol. The van der Waals surface area contributed by atoms with Crippen molar-refractivity contribution >= 4 is 33.3 Å². The van der Waals surface area contributed by atoms with E-state index in [4.69, 9.17) is 4.74 Å². The van der Waals surface area contributed by atoms with Crippen LogP contribution in [0.25, 0.3) is 0 Å². The van der Waals surface area contributed by atoms with Gasteiger partial charge in [-0.1, -0.05) is 32.5 Å². The summed E-state index contributed by atoms with van der Waals surface area (Å²) in [7, 11) is -2.02. The molecule has 0 unspecified atom stereocenters. The average Bonchev–Trinajstić information content (AvgIpc) is 2.91. The molecule has 12 heteroatoms. The van der Waals surface area contributed by atoms with Crippen molar-refractivity contribution in [1.82, 2.24) is 25.1 Å². The van der Waals surface area contributed by atoms with Gasteiger partial charge in [-0.3, -0.25) is 14.5 Å². The maximum absolute atomic E-state index is 12.6. The van der Waals surface area contributed by atoms with Crippen LogP contribution in [0.4, 0.5) is 0 Å². The van der Waals surface area contributed by atoms with E-state index in [1.165, 1.54) is 10.9 Å².